The van der Waals surface area contributed by atoms with Crippen molar-refractivity contribution in [3.8, 4) is 5.75 Å². The highest BCUT2D eigenvalue weighted by Gasteiger charge is 2.44. The molecule has 1 saturated heterocycles. The van der Waals surface area contributed by atoms with Crippen molar-refractivity contribution in [3.63, 3.8) is 0 Å². The van der Waals surface area contributed by atoms with Gasteiger partial charge in [-0.2, -0.15) is 0 Å². The molecule has 3 aromatic carbocycles. The Kier molecular flexibility index (Phi) is 8.32. The Morgan fingerprint density at radius 3 is 2.26 bits per heavy atom. The van der Waals surface area contributed by atoms with Crippen molar-refractivity contribution in [1.82, 2.24) is 4.90 Å². The number of methoxy groups -OCH3 is 1. The molecule has 0 unspecified atom stereocenters. The molecular formula is C28H26FN3O5S. The predicted molar refractivity (Wildman–Crippen MR) is 144 cm³/mol. The average Bonchev–Trinajstić information content (AvgIpc) is 3.14. The molecule has 8 nitrogen and oxygen atoms in total. The van der Waals surface area contributed by atoms with Crippen LogP contribution in [0, 0.1) is 5.82 Å². The van der Waals surface area contributed by atoms with Gasteiger partial charge >= 0.3 is 5.97 Å². The van der Waals surface area contributed by atoms with Crippen molar-refractivity contribution in [2.45, 2.75) is 25.9 Å². The van der Waals surface area contributed by atoms with Crippen molar-refractivity contribution in [3.05, 3.63) is 89.7 Å². The van der Waals surface area contributed by atoms with Crippen molar-refractivity contribution in [2.24, 2.45) is 0 Å². The van der Waals surface area contributed by atoms with Crippen LogP contribution < -0.4 is 15.0 Å². The Balaban J connectivity index is 1.54. The molecule has 1 fully saturated rings. The average molecular weight is 536 g/mol. The molecule has 1 aliphatic heterocycles. The van der Waals surface area contributed by atoms with E-state index in [1.165, 1.54) is 29.2 Å². The Morgan fingerprint density at radius 2 is 1.66 bits per heavy atom. The van der Waals surface area contributed by atoms with Gasteiger partial charge in [0.25, 0.3) is 5.91 Å². The first kappa shape index (κ1) is 26.7. The van der Waals surface area contributed by atoms with Gasteiger partial charge in [0.15, 0.2) is 5.11 Å². The molecule has 1 aliphatic rings. The molecule has 0 bridgehead atoms. The predicted octanol–water partition coefficient (Wildman–Crippen LogP) is 4.54. The number of amides is 2. The van der Waals surface area contributed by atoms with E-state index in [-0.39, 0.29) is 30.6 Å². The number of rotatable bonds is 9. The van der Waals surface area contributed by atoms with E-state index in [4.69, 9.17) is 21.7 Å². The summed E-state index contributed by atoms with van der Waals surface area (Å²) >= 11 is 5.66. The smallest absolute Gasteiger partial charge is 0.338 e. The normalized spacial score (nSPS) is 15.0. The van der Waals surface area contributed by atoms with E-state index in [1.807, 2.05) is 12.1 Å². The maximum atomic E-state index is 13.5. The molecule has 0 aliphatic carbocycles. The fourth-order valence-electron chi connectivity index (χ4n) is 4.06. The van der Waals surface area contributed by atoms with Gasteiger partial charge in [0.1, 0.15) is 17.6 Å². The minimum Gasteiger partial charge on any atom is -0.497 e. The van der Waals surface area contributed by atoms with Crippen molar-refractivity contribution < 1.29 is 28.2 Å². The third kappa shape index (κ3) is 5.97. The highest BCUT2D eigenvalue weighted by atomic mass is 32.1. The highest BCUT2D eigenvalue weighted by molar-refractivity contribution is 7.80. The van der Waals surface area contributed by atoms with Crippen LogP contribution in [0.15, 0.2) is 72.8 Å². The first-order chi connectivity index (χ1) is 18.3. The maximum Gasteiger partial charge on any atom is 0.338 e. The molecule has 0 saturated carbocycles. The number of carbonyl (C=O) groups is 3. The van der Waals surface area contributed by atoms with Gasteiger partial charge < -0.3 is 19.7 Å². The molecule has 38 heavy (non-hydrogen) atoms. The zero-order chi connectivity index (χ0) is 27.2. The fourth-order valence-corrected chi connectivity index (χ4v) is 4.45. The Morgan fingerprint density at radius 1 is 1.00 bits per heavy atom. The van der Waals surface area contributed by atoms with Gasteiger partial charge in [0, 0.05) is 12.2 Å². The van der Waals surface area contributed by atoms with Gasteiger partial charge in [-0.3, -0.25) is 14.5 Å². The van der Waals surface area contributed by atoms with E-state index in [2.05, 4.69) is 5.32 Å². The summed E-state index contributed by atoms with van der Waals surface area (Å²) in [6.45, 7) is 2.26. The molecule has 1 heterocycles. The van der Waals surface area contributed by atoms with Crippen molar-refractivity contribution >= 4 is 46.5 Å². The minimum absolute atomic E-state index is 0.174. The van der Waals surface area contributed by atoms with Crippen LogP contribution in [-0.2, 0) is 20.9 Å². The molecule has 2 amide bonds. The second-order valence-electron chi connectivity index (χ2n) is 8.47. The van der Waals surface area contributed by atoms with Crippen molar-refractivity contribution in [1.29, 1.82) is 0 Å². The number of thiocarbonyl (C=S) groups is 1. The SMILES string of the molecule is CCOC(=O)c1ccc(NC(=O)C[C@@H]2C(=O)N(c3ccc(F)cc3)C(=S)N2Cc2ccc(OC)cc2)cc1. The number of anilines is 2. The second kappa shape index (κ2) is 11.8. The Bertz CT molecular complexity index is 1330. The number of nitrogens with one attached hydrogen (secondary N) is 1. The lowest BCUT2D eigenvalue weighted by Gasteiger charge is -2.24. The first-order valence-electron chi connectivity index (χ1n) is 11.9. The van der Waals surface area contributed by atoms with Crippen LogP contribution in [-0.4, -0.2) is 47.6 Å². The number of benzene rings is 3. The van der Waals surface area contributed by atoms with Crippen LogP contribution in [0.1, 0.15) is 29.3 Å². The molecular weight excluding hydrogens is 509 g/mol. The summed E-state index contributed by atoms with van der Waals surface area (Å²) in [5.74, 6) is -0.998. The number of nitrogens with zero attached hydrogens (tertiary/aromatic N) is 2. The van der Waals surface area contributed by atoms with Crippen LogP contribution in [0.25, 0.3) is 0 Å². The van der Waals surface area contributed by atoms with Gasteiger partial charge in [0.2, 0.25) is 5.91 Å². The van der Waals surface area contributed by atoms with Crippen LogP contribution >= 0.6 is 12.2 Å². The summed E-state index contributed by atoms with van der Waals surface area (Å²) in [5.41, 5.74) is 2.11. The molecule has 1 atom stereocenters. The fraction of sp³-hybridized carbons (Fsp3) is 0.214. The van der Waals surface area contributed by atoms with E-state index in [9.17, 15) is 18.8 Å². The molecule has 1 N–H and O–H groups in total. The van der Waals surface area contributed by atoms with Gasteiger partial charge in [0.05, 0.1) is 31.4 Å². The quantitative estimate of drug-likeness (QED) is 0.318. The molecule has 0 spiro atoms. The van der Waals surface area contributed by atoms with E-state index in [0.717, 1.165) is 5.56 Å². The van der Waals surface area contributed by atoms with Crippen LogP contribution in [0.4, 0.5) is 15.8 Å². The third-order valence-electron chi connectivity index (χ3n) is 5.97. The lowest BCUT2D eigenvalue weighted by Crippen LogP contribution is -2.37. The molecule has 10 heteroatoms. The molecule has 0 aromatic heterocycles. The summed E-state index contributed by atoms with van der Waals surface area (Å²) < 4.78 is 23.7. The topological polar surface area (TPSA) is 88.2 Å². The first-order valence-corrected chi connectivity index (χ1v) is 12.3. The molecule has 0 radical (unpaired) electrons. The molecule has 196 valence electrons. The van der Waals surface area contributed by atoms with Crippen LogP contribution in [0.5, 0.6) is 5.75 Å². The largest absolute Gasteiger partial charge is 0.497 e. The van der Waals surface area contributed by atoms with Gasteiger partial charge in [-0.1, -0.05) is 12.1 Å². The monoisotopic (exact) mass is 535 g/mol. The maximum absolute atomic E-state index is 13.5. The number of ether oxygens (including phenoxy) is 2. The molecule has 4 rings (SSSR count). The standard InChI is InChI=1S/C28H26FN3O5S/c1-3-37-27(35)19-6-10-21(11-7-19)30-25(33)16-24-26(34)32(22-12-8-20(29)9-13-22)28(38)31(24)17-18-4-14-23(36-2)15-5-18/h4-15,24H,3,16-17H2,1-2H3,(H,30,33)/t24-/m1/s1. The Labute approximate surface area is 224 Å². The van der Waals surface area contributed by atoms with Gasteiger partial charge in [-0.15, -0.1) is 0 Å². The van der Waals surface area contributed by atoms with Crippen molar-refractivity contribution in [2.75, 3.05) is 23.9 Å². The second-order valence-corrected chi connectivity index (χ2v) is 8.84. The number of hydrogen-bond donors (Lipinski definition) is 1. The van der Waals surface area contributed by atoms with Crippen LogP contribution in [0.2, 0.25) is 0 Å². The summed E-state index contributed by atoms with van der Waals surface area (Å²) in [5, 5.41) is 2.98. The van der Waals surface area contributed by atoms with E-state index >= 15 is 0 Å². The zero-order valence-corrected chi connectivity index (χ0v) is 21.7. The number of esters is 1. The minimum atomic E-state index is -0.881. The van der Waals surface area contributed by atoms with E-state index < -0.39 is 23.7 Å². The lowest BCUT2D eigenvalue weighted by atomic mass is 10.1. The number of carbonyl (C=O) groups excluding carboxylic acids is 3. The van der Waals surface area contributed by atoms with Crippen LogP contribution in [0.3, 0.4) is 0 Å². The van der Waals surface area contributed by atoms with E-state index in [0.29, 0.717) is 22.7 Å². The molecule has 3 aromatic rings. The number of halogens is 1. The summed E-state index contributed by atoms with van der Waals surface area (Å²) in [7, 11) is 1.57. The number of hydrogen-bond acceptors (Lipinski definition) is 6. The highest BCUT2D eigenvalue weighted by Crippen LogP contribution is 2.29. The zero-order valence-electron chi connectivity index (χ0n) is 20.8. The third-order valence-corrected chi connectivity index (χ3v) is 6.39. The Hall–Kier alpha value is -4.31. The van der Waals surface area contributed by atoms with Gasteiger partial charge in [-0.25, -0.2) is 9.18 Å². The summed E-state index contributed by atoms with van der Waals surface area (Å²) in [4.78, 5) is 41.4. The lowest BCUT2D eigenvalue weighted by molar-refractivity contribution is -0.124. The summed E-state index contributed by atoms with van der Waals surface area (Å²) in [6, 6.07) is 18.2. The summed E-state index contributed by atoms with van der Waals surface area (Å²) in [6.07, 6.45) is -0.174. The van der Waals surface area contributed by atoms with E-state index in [1.54, 1.807) is 55.3 Å². The van der Waals surface area contributed by atoms with Gasteiger partial charge in [-0.05, 0) is 85.4 Å².